The first-order valence-corrected chi connectivity index (χ1v) is 10.2. The van der Waals surface area contributed by atoms with Gasteiger partial charge in [0.25, 0.3) is 11.5 Å². The molecule has 33 heavy (non-hydrogen) atoms. The molecule has 0 aliphatic heterocycles. The van der Waals surface area contributed by atoms with E-state index in [4.69, 9.17) is 11.6 Å². The van der Waals surface area contributed by atoms with Crippen molar-refractivity contribution in [2.24, 2.45) is 0 Å². The maximum Gasteiger partial charge on any atom is 0.411 e. The van der Waals surface area contributed by atoms with Gasteiger partial charge < -0.3 is 10.4 Å². The lowest BCUT2D eigenvalue weighted by Crippen LogP contribution is -2.59. The molecule has 0 saturated heterocycles. The van der Waals surface area contributed by atoms with Gasteiger partial charge in [0.2, 0.25) is 0 Å². The lowest BCUT2D eigenvalue weighted by Gasteiger charge is -2.34. The van der Waals surface area contributed by atoms with Crippen molar-refractivity contribution in [1.82, 2.24) is 20.1 Å². The number of aromatic nitrogens is 3. The molecule has 2 aromatic heterocycles. The van der Waals surface area contributed by atoms with E-state index in [-0.39, 0.29) is 17.8 Å². The van der Waals surface area contributed by atoms with Crippen LogP contribution in [0.15, 0.2) is 59.7 Å². The van der Waals surface area contributed by atoms with Gasteiger partial charge >= 0.3 is 6.18 Å². The number of amides is 1. The van der Waals surface area contributed by atoms with Crippen LogP contribution in [-0.4, -0.2) is 43.6 Å². The van der Waals surface area contributed by atoms with Crippen molar-refractivity contribution in [1.29, 1.82) is 0 Å². The van der Waals surface area contributed by atoms with E-state index in [2.05, 4.69) is 10.1 Å². The Morgan fingerprint density at radius 3 is 2.45 bits per heavy atom. The van der Waals surface area contributed by atoms with Crippen molar-refractivity contribution in [2.75, 3.05) is 0 Å². The van der Waals surface area contributed by atoms with E-state index >= 15 is 0 Å². The third-order valence-electron chi connectivity index (χ3n) is 5.13. The average molecular weight is 481 g/mol. The van der Waals surface area contributed by atoms with E-state index in [1.807, 2.05) is 0 Å². The summed E-state index contributed by atoms with van der Waals surface area (Å²) in [5.74, 6) is -1.30. The van der Waals surface area contributed by atoms with E-state index < -0.39 is 34.8 Å². The van der Waals surface area contributed by atoms with Gasteiger partial charge in [-0.3, -0.25) is 14.6 Å². The van der Waals surface area contributed by atoms with Crippen molar-refractivity contribution < 1.29 is 23.1 Å². The molecule has 3 rings (SSSR count). The SMILES string of the molecule is CCC(C)(O)[C@H](NC(=O)c1cc(-c2ccc(Cl)cc2)nn(-c2cccnc2)c1=O)C(F)(F)F. The van der Waals surface area contributed by atoms with Crippen molar-refractivity contribution in [3.8, 4) is 16.9 Å². The van der Waals surface area contributed by atoms with Gasteiger partial charge in [0.15, 0.2) is 6.04 Å². The number of carbonyl (C=O) groups is 1. The molecule has 0 fully saturated rings. The van der Waals surface area contributed by atoms with Crippen LogP contribution in [0.3, 0.4) is 0 Å². The van der Waals surface area contributed by atoms with Crippen molar-refractivity contribution >= 4 is 17.5 Å². The summed E-state index contributed by atoms with van der Waals surface area (Å²) in [6.45, 7) is 2.32. The van der Waals surface area contributed by atoms with Crippen molar-refractivity contribution in [3.63, 3.8) is 0 Å². The second kappa shape index (κ2) is 9.32. The third-order valence-corrected chi connectivity index (χ3v) is 5.38. The fourth-order valence-corrected chi connectivity index (χ4v) is 3.20. The molecule has 2 atom stereocenters. The fourth-order valence-electron chi connectivity index (χ4n) is 3.08. The average Bonchev–Trinajstić information content (AvgIpc) is 2.77. The molecule has 1 unspecified atom stereocenters. The fraction of sp³-hybridized carbons (Fsp3) is 0.273. The number of carbonyl (C=O) groups excluding carboxylic acids is 1. The Kier molecular flexibility index (Phi) is 6.89. The summed E-state index contributed by atoms with van der Waals surface area (Å²) < 4.78 is 41.7. The van der Waals surface area contributed by atoms with Crippen molar-refractivity contribution in [3.05, 3.63) is 75.8 Å². The maximum absolute atomic E-state index is 13.6. The number of alkyl halides is 3. The molecular weight excluding hydrogens is 461 g/mol. The molecule has 7 nitrogen and oxygen atoms in total. The van der Waals surface area contributed by atoms with Gasteiger partial charge in [0, 0.05) is 16.8 Å². The van der Waals surface area contributed by atoms with Crippen LogP contribution in [0.2, 0.25) is 5.02 Å². The molecule has 0 saturated carbocycles. The molecule has 0 spiro atoms. The maximum atomic E-state index is 13.6. The molecule has 2 N–H and O–H groups in total. The first-order chi connectivity index (χ1) is 15.4. The van der Waals surface area contributed by atoms with Crippen LogP contribution in [-0.2, 0) is 0 Å². The molecule has 174 valence electrons. The molecule has 2 heterocycles. The Balaban J connectivity index is 2.15. The Bertz CT molecular complexity index is 1200. The number of nitrogens with one attached hydrogen (secondary N) is 1. The number of halogens is 4. The summed E-state index contributed by atoms with van der Waals surface area (Å²) >= 11 is 5.91. The molecule has 0 radical (unpaired) electrons. The molecule has 1 aromatic carbocycles. The first kappa shape index (κ1) is 24.4. The van der Waals surface area contributed by atoms with Gasteiger partial charge in [-0.1, -0.05) is 30.7 Å². The Morgan fingerprint density at radius 1 is 1.24 bits per heavy atom. The highest BCUT2D eigenvalue weighted by molar-refractivity contribution is 6.30. The molecule has 0 aliphatic carbocycles. The van der Waals surface area contributed by atoms with Crippen molar-refractivity contribution in [2.45, 2.75) is 38.1 Å². The third kappa shape index (κ3) is 5.40. The number of rotatable bonds is 6. The largest absolute Gasteiger partial charge is 0.411 e. The summed E-state index contributed by atoms with van der Waals surface area (Å²) in [4.78, 5) is 29.9. The summed E-state index contributed by atoms with van der Waals surface area (Å²) in [5, 5.41) is 16.7. The Morgan fingerprint density at radius 2 is 1.91 bits per heavy atom. The molecule has 11 heteroatoms. The molecular formula is C22H20ClF3N4O3. The smallest absolute Gasteiger partial charge is 0.388 e. The van der Waals surface area contributed by atoms with Gasteiger partial charge in [0.1, 0.15) is 5.56 Å². The number of benzene rings is 1. The normalized spacial score (nSPS) is 14.4. The van der Waals surface area contributed by atoms with Crippen LogP contribution in [0, 0.1) is 0 Å². The van der Waals surface area contributed by atoms with Gasteiger partial charge in [-0.05, 0) is 43.7 Å². The summed E-state index contributed by atoms with van der Waals surface area (Å²) in [5.41, 5.74) is -3.00. The summed E-state index contributed by atoms with van der Waals surface area (Å²) in [7, 11) is 0. The van der Waals surface area contributed by atoms with E-state index in [1.165, 1.54) is 31.5 Å². The standard InChI is InChI=1S/C22H20ClF3N4O3/c1-3-21(2,33)20(22(24,25)26)28-18(31)16-11-17(13-6-8-14(23)9-7-13)29-30(19(16)32)15-5-4-10-27-12-15/h4-12,20,33H,3H2,1-2H3,(H,28,31)/t20-,21?/m0/s1. The zero-order valence-corrected chi connectivity index (χ0v) is 18.4. The lowest BCUT2D eigenvalue weighted by molar-refractivity contribution is -0.196. The highest BCUT2D eigenvalue weighted by Gasteiger charge is 2.51. The van der Waals surface area contributed by atoms with E-state index in [9.17, 15) is 27.9 Å². The van der Waals surface area contributed by atoms with Crippen LogP contribution in [0.1, 0.15) is 30.6 Å². The van der Waals surface area contributed by atoms with Gasteiger partial charge in [0.05, 0.1) is 23.2 Å². The Labute approximate surface area is 191 Å². The van der Waals surface area contributed by atoms with Crippen LogP contribution in [0.4, 0.5) is 13.2 Å². The highest BCUT2D eigenvalue weighted by atomic mass is 35.5. The number of aliphatic hydroxyl groups is 1. The second-order valence-electron chi connectivity index (χ2n) is 7.54. The number of pyridine rings is 1. The predicted molar refractivity (Wildman–Crippen MR) is 116 cm³/mol. The van der Waals surface area contributed by atoms with E-state index in [0.29, 0.717) is 10.6 Å². The van der Waals surface area contributed by atoms with Gasteiger partial charge in [-0.2, -0.15) is 23.0 Å². The van der Waals surface area contributed by atoms with Gasteiger partial charge in [-0.15, -0.1) is 0 Å². The highest BCUT2D eigenvalue weighted by Crippen LogP contribution is 2.30. The Hall–Kier alpha value is -3.24. The minimum atomic E-state index is -4.95. The summed E-state index contributed by atoms with van der Waals surface area (Å²) in [6, 6.07) is 7.86. The second-order valence-corrected chi connectivity index (χ2v) is 7.97. The van der Waals surface area contributed by atoms with Crippen LogP contribution in [0.5, 0.6) is 0 Å². The van der Waals surface area contributed by atoms with Crippen LogP contribution < -0.4 is 10.9 Å². The number of hydrogen-bond donors (Lipinski definition) is 2. The minimum Gasteiger partial charge on any atom is -0.388 e. The summed E-state index contributed by atoms with van der Waals surface area (Å²) in [6.07, 6.45) is -2.46. The van der Waals surface area contributed by atoms with Crippen LogP contribution in [0.25, 0.3) is 16.9 Å². The minimum absolute atomic E-state index is 0.145. The van der Waals surface area contributed by atoms with E-state index in [1.54, 1.807) is 29.6 Å². The van der Waals surface area contributed by atoms with E-state index in [0.717, 1.165) is 17.7 Å². The number of nitrogens with zero attached hydrogens (tertiary/aromatic N) is 3. The quantitative estimate of drug-likeness (QED) is 0.560. The molecule has 0 aliphatic rings. The van der Waals surface area contributed by atoms with Gasteiger partial charge in [-0.25, -0.2) is 0 Å². The predicted octanol–water partition coefficient (Wildman–Crippen LogP) is 3.77. The lowest BCUT2D eigenvalue weighted by atomic mass is 9.92. The number of hydrogen-bond acceptors (Lipinski definition) is 5. The molecule has 1 amide bonds. The zero-order valence-electron chi connectivity index (χ0n) is 17.6. The molecule has 0 bridgehead atoms. The molecule has 3 aromatic rings. The zero-order chi connectivity index (χ0) is 24.4. The first-order valence-electron chi connectivity index (χ1n) is 9.84. The van der Waals surface area contributed by atoms with Crippen LogP contribution >= 0.6 is 11.6 Å². The topological polar surface area (TPSA) is 97.1 Å². The monoisotopic (exact) mass is 480 g/mol.